The van der Waals surface area contributed by atoms with Gasteiger partial charge in [-0.15, -0.1) is 0 Å². The summed E-state index contributed by atoms with van der Waals surface area (Å²) in [6, 6.07) is 6.47. The van der Waals surface area contributed by atoms with Crippen molar-refractivity contribution in [2.45, 2.75) is 11.8 Å². The molecule has 6 heteroatoms. The smallest absolute Gasteiger partial charge is 0.140 e. The van der Waals surface area contributed by atoms with Gasteiger partial charge in [0, 0.05) is 15.7 Å². The van der Waals surface area contributed by atoms with E-state index in [-0.39, 0.29) is 5.82 Å². The van der Waals surface area contributed by atoms with Crippen LogP contribution in [0.4, 0.5) is 10.1 Å². The van der Waals surface area contributed by atoms with Gasteiger partial charge in [-0.1, -0.05) is 11.6 Å². The van der Waals surface area contributed by atoms with Crippen LogP contribution in [0.2, 0.25) is 5.02 Å². The summed E-state index contributed by atoms with van der Waals surface area (Å²) in [4.78, 5) is 4.67. The molecule has 0 fully saturated rings. The molecule has 2 nitrogen and oxygen atoms in total. The summed E-state index contributed by atoms with van der Waals surface area (Å²) in [6.07, 6.45) is 1.72. The first-order chi connectivity index (χ1) is 8.56. The third-order valence-electron chi connectivity index (χ3n) is 2.22. The Morgan fingerprint density at radius 3 is 2.89 bits per heavy atom. The van der Waals surface area contributed by atoms with Gasteiger partial charge in [-0.2, -0.15) is 0 Å². The van der Waals surface area contributed by atoms with Gasteiger partial charge in [0.2, 0.25) is 0 Å². The third kappa shape index (κ3) is 3.37. The number of hydrogen-bond acceptors (Lipinski definition) is 3. The van der Waals surface area contributed by atoms with Crippen LogP contribution < -0.4 is 4.72 Å². The molecule has 94 valence electrons. The summed E-state index contributed by atoms with van der Waals surface area (Å²) >= 11 is 10.2. The van der Waals surface area contributed by atoms with Crippen LogP contribution in [-0.2, 0) is 0 Å². The van der Waals surface area contributed by atoms with E-state index in [0.717, 1.165) is 15.9 Å². The van der Waals surface area contributed by atoms with E-state index in [1.807, 2.05) is 13.0 Å². The Labute approximate surface area is 122 Å². The van der Waals surface area contributed by atoms with Crippen molar-refractivity contribution in [1.82, 2.24) is 4.98 Å². The van der Waals surface area contributed by atoms with Crippen molar-refractivity contribution in [3.8, 4) is 0 Å². The Bertz CT molecular complexity index is 580. The minimum atomic E-state index is -0.347. The van der Waals surface area contributed by atoms with E-state index in [4.69, 9.17) is 11.6 Å². The summed E-state index contributed by atoms with van der Waals surface area (Å²) < 4.78 is 17.5. The van der Waals surface area contributed by atoms with Crippen LogP contribution in [0.5, 0.6) is 0 Å². The Balaban J connectivity index is 2.13. The molecular weight excluding hydrogens is 339 g/mol. The second-order valence-corrected chi connectivity index (χ2v) is 5.77. The topological polar surface area (TPSA) is 24.9 Å². The molecule has 0 unspecified atom stereocenters. The number of benzene rings is 1. The van der Waals surface area contributed by atoms with Gasteiger partial charge in [0.05, 0.1) is 16.3 Å². The van der Waals surface area contributed by atoms with E-state index in [2.05, 4.69) is 25.6 Å². The number of nitrogens with zero attached hydrogens (tertiary/aromatic N) is 1. The predicted octanol–water partition coefficient (Wildman–Crippen LogP) is 5.06. The molecule has 0 saturated carbocycles. The van der Waals surface area contributed by atoms with E-state index >= 15 is 0 Å². The molecule has 18 heavy (non-hydrogen) atoms. The number of aromatic nitrogens is 1. The average Bonchev–Trinajstić information content (AvgIpc) is 2.32. The van der Waals surface area contributed by atoms with Gasteiger partial charge >= 0.3 is 0 Å². The lowest BCUT2D eigenvalue weighted by Crippen LogP contribution is -1.94. The lowest BCUT2D eigenvalue weighted by Gasteiger charge is -2.09. The third-order valence-corrected chi connectivity index (χ3v) is 3.76. The molecule has 1 aromatic carbocycles. The van der Waals surface area contributed by atoms with Crippen molar-refractivity contribution in [1.29, 1.82) is 0 Å². The highest BCUT2D eigenvalue weighted by molar-refractivity contribution is 9.10. The molecule has 0 bridgehead atoms. The molecule has 0 aliphatic carbocycles. The summed E-state index contributed by atoms with van der Waals surface area (Å²) in [5, 5.41) is 0.386. The SMILES string of the molecule is Cc1ncc(Br)cc1NSc1ccc(Cl)cc1F. The Kier molecular flexibility index (Phi) is 4.48. The molecular formula is C12H9BrClFN2S. The number of aryl methyl sites for hydroxylation is 1. The van der Waals surface area contributed by atoms with Gasteiger partial charge in [0.1, 0.15) is 5.82 Å². The zero-order valence-electron chi connectivity index (χ0n) is 9.38. The zero-order chi connectivity index (χ0) is 13.1. The fourth-order valence-electron chi connectivity index (χ4n) is 1.28. The molecule has 0 aliphatic heterocycles. The Morgan fingerprint density at radius 2 is 2.17 bits per heavy atom. The molecule has 1 heterocycles. The summed E-state index contributed by atoms with van der Waals surface area (Å²) in [5.41, 5.74) is 1.68. The second kappa shape index (κ2) is 5.91. The number of pyridine rings is 1. The van der Waals surface area contributed by atoms with Gasteiger partial charge in [-0.3, -0.25) is 4.98 Å². The van der Waals surface area contributed by atoms with Gasteiger partial charge in [0.15, 0.2) is 0 Å². The van der Waals surface area contributed by atoms with Gasteiger partial charge in [-0.05, 0) is 59.1 Å². The standard InChI is InChI=1S/C12H9BrClFN2S/c1-7-11(4-8(13)6-16-7)17-18-12-3-2-9(14)5-10(12)15/h2-6,17H,1H3. The second-order valence-electron chi connectivity index (χ2n) is 3.57. The number of hydrogen-bond donors (Lipinski definition) is 1. The van der Waals surface area contributed by atoms with E-state index in [0.29, 0.717) is 9.92 Å². The van der Waals surface area contributed by atoms with E-state index in [9.17, 15) is 4.39 Å². The highest BCUT2D eigenvalue weighted by Gasteiger charge is 2.06. The van der Waals surface area contributed by atoms with E-state index < -0.39 is 0 Å². The Hall–Kier alpha value is -0.780. The molecule has 2 rings (SSSR count). The zero-order valence-corrected chi connectivity index (χ0v) is 12.5. The molecule has 0 saturated heterocycles. The highest BCUT2D eigenvalue weighted by Crippen LogP contribution is 2.28. The van der Waals surface area contributed by atoms with Crippen LogP contribution in [0.15, 0.2) is 39.8 Å². The number of anilines is 1. The summed E-state index contributed by atoms with van der Waals surface area (Å²) in [5.74, 6) is -0.347. The molecule has 0 aliphatic rings. The molecule has 0 atom stereocenters. The number of halogens is 3. The molecule has 0 amide bonds. The van der Waals surface area contributed by atoms with Crippen molar-refractivity contribution in [3.63, 3.8) is 0 Å². The van der Waals surface area contributed by atoms with Crippen LogP contribution in [0.3, 0.4) is 0 Å². The first-order valence-corrected chi connectivity index (χ1v) is 7.05. The Morgan fingerprint density at radius 1 is 1.39 bits per heavy atom. The fraction of sp³-hybridized carbons (Fsp3) is 0.0833. The predicted molar refractivity (Wildman–Crippen MR) is 77.6 cm³/mol. The maximum Gasteiger partial charge on any atom is 0.140 e. The quantitative estimate of drug-likeness (QED) is 0.785. The first kappa shape index (κ1) is 13.6. The average molecular weight is 348 g/mol. The monoisotopic (exact) mass is 346 g/mol. The van der Waals surface area contributed by atoms with Crippen LogP contribution in [0.1, 0.15) is 5.69 Å². The molecule has 0 spiro atoms. The maximum absolute atomic E-state index is 13.6. The first-order valence-electron chi connectivity index (χ1n) is 5.06. The summed E-state index contributed by atoms with van der Waals surface area (Å²) in [6.45, 7) is 1.88. The number of rotatable bonds is 3. The van der Waals surface area contributed by atoms with Crippen molar-refractivity contribution < 1.29 is 4.39 Å². The van der Waals surface area contributed by atoms with E-state index in [1.54, 1.807) is 18.3 Å². The van der Waals surface area contributed by atoms with Gasteiger partial charge in [-0.25, -0.2) is 4.39 Å². The van der Waals surface area contributed by atoms with Gasteiger partial charge in [0.25, 0.3) is 0 Å². The van der Waals surface area contributed by atoms with Crippen molar-refractivity contribution in [2.75, 3.05) is 4.72 Å². The fourth-order valence-corrected chi connectivity index (χ4v) is 2.49. The van der Waals surface area contributed by atoms with Crippen molar-refractivity contribution in [2.24, 2.45) is 0 Å². The van der Waals surface area contributed by atoms with Crippen molar-refractivity contribution >= 4 is 45.2 Å². The highest BCUT2D eigenvalue weighted by atomic mass is 79.9. The molecule has 1 N–H and O–H groups in total. The minimum Gasteiger partial charge on any atom is -0.324 e. The van der Waals surface area contributed by atoms with Crippen LogP contribution in [0, 0.1) is 12.7 Å². The van der Waals surface area contributed by atoms with Crippen LogP contribution in [0.25, 0.3) is 0 Å². The summed E-state index contributed by atoms with van der Waals surface area (Å²) in [7, 11) is 0. The van der Waals surface area contributed by atoms with E-state index in [1.165, 1.54) is 18.0 Å². The normalized spacial score (nSPS) is 10.4. The van der Waals surface area contributed by atoms with Crippen molar-refractivity contribution in [3.05, 3.63) is 51.5 Å². The maximum atomic E-state index is 13.6. The molecule has 1 aromatic heterocycles. The van der Waals surface area contributed by atoms with Crippen LogP contribution in [-0.4, -0.2) is 4.98 Å². The molecule has 2 aromatic rings. The molecule has 0 radical (unpaired) electrons. The number of nitrogens with one attached hydrogen (secondary N) is 1. The van der Waals surface area contributed by atoms with Crippen LogP contribution >= 0.6 is 39.5 Å². The lowest BCUT2D eigenvalue weighted by molar-refractivity contribution is 0.602. The minimum absolute atomic E-state index is 0.347. The largest absolute Gasteiger partial charge is 0.324 e. The van der Waals surface area contributed by atoms with Gasteiger partial charge < -0.3 is 4.72 Å². The lowest BCUT2D eigenvalue weighted by atomic mass is 10.3.